The first-order valence-electron chi connectivity index (χ1n) is 5.54. The number of hydrogen-bond acceptors (Lipinski definition) is 6. The highest BCUT2D eigenvalue weighted by molar-refractivity contribution is 6.12. The number of ether oxygens (including phenoxy) is 1. The predicted octanol–water partition coefficient (Wildman–Crippen LogP) is 1.57. The van der Waals surface area contributed by atoms with Crippen molar-refractivity contribution in [1.82, 2.24) is 0 Å². The van der Waals surface area contributed by atoms with Gasteiger partial charge in [0.15, 0.2) is 11.5 Å². The van der Waals surface area contributed by atoms with Crippen LogP contribution in [0.2, 0.25) is 0 Å². The van der Waals surface area contributed by atoms with Gasteiger partial charge in [0.2, 0.25) is 11.5 Å². The minimum absolute atomic E-state index is 0.0220. The van der Waals surface area contributed by atoms with Gasteiger partial charge < -0.3 is 20.1 Å². The molecule has 6 nitrogen and oxygen atoms in total. The van der Waals surface area contributed by atoms with E-state index < -0.39 is 17.3 Å². The largest absolute Gasteiger partial charge is 0.507 e. The normalized spacial score (nSPS) is 10.0. The van der Waals surface area contributed by atoms with E-state index in [1.807, 2.05) is 0 Å². The lowest BCUT2D eigenvalue weighted by Crippen LogP contribution is -2.02. The van der Waals surface area contributed by atoms with Crippen molar-refractivity contribution in [2.45, 2.75) is 0 Å². The van der Waals surface area contributed by atoms with E-state index >= 15 is 0 Å². The maximum Gasteiger partial charge on any atom is 0.298 e. The average Bonchev–Trinajstić information content (AvgIpc) is 2.44. The van der Waals surface area contributed by atoms with Crippen molar-refractivity contribution in [3.63, 3.8) is 0 Å². The Morgan fingerprint density at radius 3 is 2.30 bits per heavy atom. The second-order valence-corrected chi connectivity index (χ2v) is 3.87. The van der Waals surface area contributed by atoms with E-state index in [1.165, 1.54) is 18.2 Å². The van der Waals surface area contributed by atoms with E-state index in [0.717, 1.165) is 6.07 Å². The minimum Gasteiger partial charge on any atom is -0.507 e. The number of para-hydroxylation sites is 1. The molecular formula is C14H10O6. The molecule has 6 heteroatoms. The van der Waals surface area contributed by atoms with Gasteiger partial charge >= 0.3 is 0 Å². The van der Waals surface area contributed by atoms with Gasteiger partial charge in [0.25, 0.3) is 6.47 Å². The van der Waals surface area contributed by atoms with Crippen LogP contribution in [0.3, 0.4) is 0 Å². The molecule has 0 saturated heterocycles. The second kappa shape index (κ2) is 5.31. The number of phenols is 3. The molecule has 0 saturated carbocycles. The van der Waals surface area contributed by atoms with Gasteiger partial charge in [0.1, 0.15) is 5.75 Å². The molecule has 0 aliphatic rings. The quantitative estimate of drug-likeness (QED) is 0.444. The molecule has 0 aliphatic heterocycles. The first kappa shape index (κ1) is 13.4. The highest BCUT2D eigenvalue weighted by Crippen LogP contribution is 2.39. The number of ketones is 1. The average molecular weight is 274 g/mol. The standard InChI is InChI=1S/C14H10O6/c15-7-20-11-6-5-9(13(18)14(11)19)12(17)8-3-1-2-4-10(8)16/h1-7,16,18-19H. The molecule has 0 aromatic heterocycles. The highest BCUT2D eigenvalue weighted by Gasteiger charge is 2.21. The third-order valence-corrected chi connectivity index (χ3v) is 2.68. The van der Waals surface area contributed by atoms with Crippen molar-refractivity contribution in [3.8, 4) is 23.0 Å². The Balaban J connectivity index is 2.49. The molecule has 2 aromatic rings. The third-order valence-electron chi connectivity index (χ3n) is 2.68. The Morgan fingerprint density at radius 2 is 1.65 bits per heavy atom. The number of aromatic hydroxyl groups is 3. The lowest BCUT2D eigenvalue weighted by molar-refractivity contribution is -0.120. The van der Waals surface area contributed by atoms with E-state index in [9.17, 15) is 24.9 Å². The van der Waals surface area contributed by atoms with Gasteiger partial charge in [-0.3, -0.25) is 9.59 Å². The fourth-order valence-electron chi connectivity index (χ4n) is 1.70. The van der Waals surface area contributed by atoms with Crippen LogP contribution in [0.1, 0.15) is 15.9 Å². The van der Waals surface area contributed by atoms with Crippen LogP contribution in [0.15, 0.2) is 36.4 Å². The number of rotatable bonds is 4. The van der Waals surface area contributed by atoms with Crippen LogP contribution in [0.4, 0.5) is 0 Å². The van der Waals surface area contributed by atoms with Crippen LogP contribution < -0.4 is 4.74 Å². The zero-order chi connectivity index (χ0) is 14.7. The number of hydrogen-bond donors (Lipinski definition) is 3. The van der Waals surface area contributed by atoms with E-state index in [4.69, 9.17) is 0 Å². The van der Waals surface area contributed by atoms with Crippen LogP contribution >= 0.6 is 0 Å². The Kier molecular flexibility index (Phi) is 3.56. The van der Waals surface area contributed by atoms with Crippen LogP contribution in [-0.4, -0.2) is 27.6 Å². The fraction of sp³-hybridized carbons (Fsp3) is 0. The molecule has 102 valence electrons. The van der Waals surface area contributed by atoms with Gasteiger partial charge in [0.05, 0.1) is 11.1 Å². The monoisotopic (exact) mass is 274 g/mol. The first-order valence-corrected chi connectivity index (χ1v) is 5.54. The summed E-state index contributed by atoms with van der Waals surface area (Å²) in [7, 11) is 0. The molecule has 0 unspecified atom stereocenters. The lowest BCUT2D eigenvalue weighted by atomic mass is 10.0. The summed E-state index contributed by atoms with van der Waals surface area (Å²) in [5.41, 5.74) is -0.242. The summed E-state index contributed by atoms with van der Waals surface area (Å²) in [6.07, 6.45) is 0. The molecule has 2 rings (SSSR count). The number of carbonyl (C=O) groups is 2. The van der Waals surface area contributed by atoms with E-state index in [1.54, 1.807) is 12.1 Å². The molecule has 20 heavy (non-hydrogen) atoms. The Labute approximate surface area is 113 Å². The van der Waals surface area contributed by atoms with Crippen molar-refractivity contribution >= 4 is 12.3 Å². The van der Waals surface area contributed by atoms with E-state index in [-0.39, 0.29) is 29.1 Å². The molecule has 0 radical (unpaired) electrons. The summed E-state index contributed by atoms with van der Waals surface area (Å²) in [5.74, 6) is -2.64. The number of carbonyl (C=O) groups excluding carboxylic acids is 2. The Bertz CT molecular complexity index is 677. The highest BCUT2D eigenvalue weighted by atomic mass is 16.5. The molecule has 0 aliphatic carbocycles. The maximum atomic E-state index is 12.2. The van der Waals surface area contributed by atoms with E-state index in [0.29, 0.717) is 0 Å². The molecule has 0 bridgehead atoms. The molecule has 0 amide bonds. The van der Waals surface area contributed by atoms with Crippen LogP contribution in [-0.2, 0) is 4.79 Å². The van der Waals surface area contributed by atoms with Gasteiger partial charge in [-0.15, -0.1) is 0 Å². The summed E-state index contributed by atoms with van der Waals surface area (Å²) in [4.78, 5) is 22.4. The van der Waals surface area contributed by atoms with Crippen molar-refractivity contribution in [2.24, 2.45) is 0 Å². The van der Waals surface area contributed by atoms with Crippen molar-refractivity contribution in [2.75, 3.05) is 0 Å². The molecular weight excluding hydrogens is 264 g/mol. The SMILES string of the molecule is O=COc1ccc(C(=O)c2ccccc2O)c(O)c1O. The maximum absolute atomic E-state index is 12.2. The fourth-order valence-corrected chi connectivity index (χ4v) is 1.70. The molecule has 3 N–H and O–H groups in total. The predicted molar refractivity (Wildman–Crippen MR) is 68.0 cm³/mol. The van der Waals surface area contributed by atoms with Crippen molar-refractivity contribution in [1.29, 1.82) is 0 Å². The molecule has 0 fully saturated rings. The molecule has 2 aromatic carbocycles. The number of benzene rings is 2. The lowest BCUT2D eigenvalue weighted by Gasteiger charge is -2.09. The summed E-state index contributed by atoms with van der Waals surface area (Å²) >= 11 is 0. The van der Waals surface area contributed by atoms with Gasteiger partial charge in [0, 0.05) is 0 Å². The zero-order valence-corrected chi connectivity index (χ0v) is 10.1. The second-order valence-electron chi connectivity index (χ2n) is 3.87. The van der Waals surface area contributed by atoms with Crippen LogP contribution in [0.25, 0.3) is 0 Å². The van der Waals surface area contributed by atoms with E-state index in [2.05, 4.69) is 4.74 Å². The van der Waals surface area contributed by atoms with Crippen LogP contribution in [0, 0.1) is 0 Å². The molecule has 0 atom stereocenters. The third kappa shape index (κ3) is 2.26. The smallest absolute Gasteiger partial charge is 0.298 e. The van der Waals surface area contributed by atoms with Gasteiger partial charge in [-0.25, -0.2) is 0 Å². The molecule has 0 heterocycles. The molecule has 0 spiro atoms. The van der Waals surface area contributed by atoms with Gasteiger partial charge in [-0.2, -0.15) is 0 Å². The Hall–Kier alpha value is -3.02. The summed E-state index contributed by atoms with van der Waals surface area (Å²) in [6, 6.07) is 8.15. The summed E-state index contributed by atoms with van der Waals surface area (Å²) in [5, 5.41) is 29.0. The summed E-state index contributed by atoms with van der Waals surface area (Å²) < 4.78 is 4.43. The minimum atomic E-state index is -0.724. The van der Waals surface area contributed by atoms with Gasteiger partial charge in [-0.05, 0) is 24.3 Å². The van der Waals surface area contributed by atoms with Crippen molar-refractivity contribution < 1.29 is 29.6 Å². The summed E-state index contributed by atoms with van der Waals surface area (Å²) in [6.45, 7) is 0.0824. The first-order chi connectivity index (χ1) is 9.56. The van der Waals surface area contributed by atoms with Crippen LogP contribution in [0.5, 0.6) is 23.0 Å². The zero-order valence-electron chi connectivity index (χ0n) is 10.1. The Morgan fingerprint density at radius 1 is 0.950 bits per heavy atom. The van der Waals surface area contributed by atoms with Crippen molar-refractivity contribution in [3.05, 3.63) is 47.5 Å². The number of phenolic OH excluding ortho intramolecular Hbond substituents is 3. The van der Waals surface area contributed by atoms with Gasteiger partial charge in [-0.1, -0.05) is 12.1 Å². The topological polar surface area (TPSA) is 104 Å².